The van der Waals surface area contributed by atoms with Crippen LogP contribution in [0.15, 0.2) is 29.3 Å². The van der Waals surface area contributed by atoms with Crippen LogP contribution in [0.4, 0.5) is 8.78 Å². The topological polar surface area (TPSA) is 46.1 Å². The number of guanidine groups is 1. The fourth-order valence-corrected chi connectivity index (χ4v) is 1.84. The van der Waals surface area contributed by atoms with Crippen molar-refractivity contribution in [2.24, 2.45) is 4.99 Å². The number of rotatable bonds is 8. The average molecular weight is 443 g/mol. The molecule has 0 atom stereocenters. The van der Waals surface area contributed by atoms with Gasteiger partial charge in [-0.05, 0) is 24.6 Å². The molecular weight excluding hydrogens is 419 g/mol. The van der Waals surface area contributed by atoms with Gasteiger partial charge in [-0.2, -0.15) is 8.78 Å². The van der Waals surface area contributed by atoms with E-state index in [0.717, 1.165) is 18.1 Å². The molecule has 0 saturated carbocycles. The van der Waals surface area contributed by atoms with Crippen LogP contribution in [-0.2, 0) is 11.3 Å². The maximum atomic E-state index is 12.1. The van der Waals surface area contributed by atoms with Gasteiger partial charge in [-0.1, -0.05) is 12.1 Å². The minimum atomic E-state index is -2.80. The van der Waals surface area contributed by atoms with Gasteiger partial charge < -0.3 is 19.7 Å². The Morgan fingerprint density at radius 1 is 1.30 bits per heavy atom. The van der Waals surface area contributed by atoms with E-state index in [1.807, 2.05) is 18.9 Å². The van der Waals surface area contributed by atoms with E-state index in [1.165, 1.54) is 12.1 Å². The number of hydrogen-bond acceptors (Lipinski definition) is 3. The van der Waals surface area contributed by atoms with E-state index in [9.17, 15) is 8.78 Å². The van der Waals surface area contributed by atoms with Gasteiger partial charge in [0.25, 0.3) is 0 Å². The number of alkyl halides is 2. The fourth-order valence-electron chi connectivity index (χ4n) is 1.84. The molecular formula is C15H24F2IN3O2. The summed E-state index contributed by atoms with van der Waals surface area (Å²) in [6, 6.07) is 6.58. The molecule has 0 aromatic heterocycles. The summed E-state index contributed by atoms with van der Waals surface area (Å²) in [5.74, 6) is 0.925. The summed E-state index contributed by atoms with van der Waals surface area (Å²) in [5, 5.41) is 3.20. The van der Waals surface area contributed by atoms with E-state index in [4.69, 9.17) is 4.74 Å². The van der Waals surface area contributed by atoms with Crippen molar-refractivity contribution in [3.8, 4) is 5.75 Å². The zero-order valence-electron chi connectivity index (χ0n) is 13.6. The van der Waals surface area contributed by atoms with Crippen molar-refractivity contribution in [3.63, 3.8) is 0 Å². The zero-order chi connectivity index (χ0) is 16.4. The van der Waals surface area contributed by atoms with Gasteiger partial charge >= 0.3 is 6.61 Å². The van der Waals surface area contributed by atoms with Crippen molar-refractivity contribution >= 4 is 29.9 Å². The molecule has 0 aliphatic heterocycles. The molecule has 0 amide bonds. The smallest absolute Gasteiger partial charge is 0.387 e. The van der Waals surface area contributed by atoms with Crippen LogP contribution in [0.3, 0.4) is 0 Å². The Kier molecular flexibility index (Phi) is 11.7. The molecule has 1 N–H and O–H groups in total. The van der Waals surface area contributed by atoms with E-state index >= 15 is 0 Å². The Morgan fingerprint density at radius 3 is 2.48 bits per heavy atom. The first kappa shape index (κ1) is 21.8. The van der Waals surface area contributed by atoms with Crippen LogP contribution >= 0.6 is 24.0 Å². The maximum absolute atomic E-state index is 12.1. The van der Waals surface area contributed by atoms with Crippen molar-refractivity contribution in [1.82, 2.24) is 10.2 Å². The summed E-state index contributed by atoms with van der Waals surface area (Å²) in [6.07, 6.45) is 0. The first-order chi connectivity index (χ1) is 10.6. The quantitative estimate of drug-likeness (QED) is 0.291. The van der Waals surface area contributed by atoms with Crippen molar-refractivity contribution in [1.29, 1.82) is 0 Å². The second-order valence-electron chi connectivity index (χ2n) is 4.61. The van der Waals surface area contributed by atoms with Crippen LogP contribution in [0.1, 0.15) is 12.5 Å². The number of hydrogen-bond donors (Lipinski definition) is 1. The molecule has 0 aliphatic rings. The standard InChI is InChI=1S/C15H23F2N3O2.HI/c1-4-18-15(19-9-10-21-3)20(2)11-12-5-7-13(8-6-12)22-14(16)17;/h5-8,14H,4,9-11H2,1-3H3,(H,18,19);1H. The molecule has 0 aliphatic carbocycles. The van der Waals surface area contributed by atoms with Gasteiger partial charge in [0.1, 0.15) is 5.75 Å². The summed E-state index contributed by atoms with van der Waals surface area (Å²) in [6.45, 7) is 1.69. The van der Waals surface area contributed by atoms with Gasteiger partial charge in [0.15, 0.2) is 5.96 Å². The largest absolute Gasteiger partial charge is 0.435 e. The Labute approximate surface area is 153 Å². The van der Waals surface area contributed by atoms with Crippen LogP contribution in [0.2, 0.25) is 0 Å². The normalized spacial score (nSPS) is 11.1. The molecule has 1 rings (SSSR count). The second kappa shape index (κ2) is 12.3. The van der Waals surface area contributed by atoms with Gasteiger partial charge in [-0.3, -0.25) is 4.99 Å². The molecule has 132 valence electrons. The van der Waals surface area contributed by atoms with Gasteiger partial charge in [-0.15, -0.1) is 24.0 Å². The predicted molar refractivity (Wildman–Crippen MR) is 97.8 cm³/mol. The monoisotopic (exact) mass is 443 g/mol. The lowest BCUT2D eigenvalue weighted by Crippen LogP contribution is -2.38. The highest BCUT2D eigenvalue weighted by molar-refractivity contribution is 14.0. The summed E-state index contributed by atoms with van der Waals surface area (Å²) < 4.78 is 33.5. The van der Waals surface area contributed by atoms with Crippen molar-refractivity contribution in [3.05, 3.63) is 29.8 Å². The summed E-state index contributed by atoms with van der Waals surface area (Å²) >= 11 is 0. The molecule has 0 spiro atoms. The first-order valence-corrected chi connectivity index (χ1v) is 7.09. The molecule has 0 heterocycles. The third-order valence-electron chi connectivity index (χ3n) is 2.82. The summed E-state index contributed by atoms with van der Waals surface area (Å²) in [7, 11) is 3.55. The zero-order valence-corrected chi connectivity index (χ0v) is 15.9. The number of methoxy groups -OCH3 is 1. The Hall–Kier alpha value is -1.16. The first-order valence-electron chi connectivity index (χ1n) is 7.09. The number of ether oxygens (including phenoxy) is 2. The Morgan fingerprint density at radius 2 is 1.96 bits per heavy atom. The molecule has 0 saturated heterocycles. The second-order valence-corrected chi connectivity index (χ2v) is 4.61. The molecule has 0 bridgehead atoms. The minimum absolute atomic E-state index is 0. The third-order valence-corrected chi connectivity index (χ3v) is 2.82. The SMILES string of the molecule is CCNC(=NCCOC)N(C)Cc1ccc(OC(F)F)cc1.I. The van der Waals surface area contributed by atoms with E-state index in [1.54, 1.807) is 19.2 Å². The van der Waals surface area contributed by atoms with Crippen LogP contribution in [0.25, 0.3) is 0 Å². The van der Waals surface area contributed by atoms with Crippen LogP contribution < -0.4 is 10.1 Å². The highest BCUT2D eigenvalue weighted by Crippen LogP contribution is 2.15. The highest BCUT2D eigenvalue weighted by atomic mass is 127. The summed E-state index contributed by atoms with van der Waals surface area (Å²) in [4.78, 5) is 6.40. The fraction of sp³-hybridized carbons (Fsp3) is 0.533. The van der Waals surface area contributed by atoms with Crippen molar-refractivity contribution in [2.45, 2.75) is 20.1 Å². The predicted octanol–water partition coefficient (Wildman–Crippen LogP) is 2.95. The van der Waals surface area contributed by atoms with E-state index < -0.39 is 6.61 Å². The number of benzene rings is 1. The van der Waals surface area contributed by atoms with Gasteiger partial charge in [0.05, 0.1) is 13.2 Å². The summed E-state index contributed by atoms with van der Waals surface area (Å²) in [5.41, 5.74) is 0.974. The maximum Gasteiger partial charge on any atom is 0.387 e. The van der Waals surface area contributed by atoms with Crippen molar-refractivity contribution < 1.29 is 18.3 Å². The van der Waals surface area contributed by atoms with Gasteiger partial charge in [0, 0.05) is 27.2 Å². The molecule has 0 radical (unpaired) electrons. The molecule has 0 fully saturated rings. The van der Waals surface area contributed by atoms with Crippen molar-refractivity contribution in [2.75, 3.05) is 33.9 Å². The Balaban J connectivity index is 0.00000484. The lowest BCUT2D eigenvalue weighted by Gasteiger charge is -2.22. The third kappa shape index (κ3) is 8.89. The number of halogens is 3. The molecule has 23 heavy (non-hydrogen) atoms. The van der Waals surface area contributed by atoms with Crippen LogP contribution in [0, 0.1) is 0 Å². The van der Waals surface area contributed by atoms with Gasteiger partial charge in [0.2, 0.25) is 0 Å². The van der Waals surface area contributed by atoms with E-state index in [-0.39, 0.29) is 29.7 Å². The molecule has 1 aromatic rings. The molecule has 5 nitrogen and oxygen atoms in total. The van der Waals surface area contributed by atoms with E-state index in [0.29, 0.717) is 19.7 Å². The van der Waals surface area contributed by atoms with Gasteiger partial charge in [-0.25, -0.2) is 0 Å². The minimum Gasteiger partial charge on any atom is -0.435 e. The molecule has 0 unspecified atom stereocenters. The number of nitrogens with zero attached hydrogens (tertiary/aromatic N) is 2. The molecule has 1 aromatic carbocycles. The number of aliphatic imine (C=N–C) groups is 1. The lowest BCUT2D eigenvalue weighted by molar-refractivity contribution is -0.0498. The highest BCUT2D eigenvalue weighted by Gasteiger charge is 2.08. The Bertz CT molecular complexity index is 459. The van der Waals surface area contributed by atoms with Crippen LogP contribution in [-0.4, -0.2) is 51.3 Å². The molecule has 8 heteroatoms. The van der Waals surface area contributed by atoms with E-state index in [2.05, 4.69) is 15.0 Å². The van der Waals surface area contributed by atoms with Crippen LogP contribution in [0.5, 0.6) is 5.75 Å². The average Bonchev–Trinajstić information content (AvgIpc) is 2.48. The lowest BCUT2D eigenvalue weighted by atomic mass is 10.2. The number of nitrogens with one attached hydrogen (secondary N) is 1.